The Morgan fingerprint density at radius 3 is 2.09 bits per heavy atom. The maximum absolute atomic E-state index is 11.7. The molecular formula is C18H22O2S2. The van der Waals surface area contributed by atoms with Gasteiger partial charge < -0.3 is 0 Å². The van der Waals surface area contributed by atoms with Crippen LogP contribution in [0.15, 0.2) is 41.3 Å². The zero-order valence-corrected chi connectivity index (χ0v) is 15.3. The van der Waals surface area contributed by atoms with Crippen molar-refractivity contribution in [3.63, 3.8) is 0 Å². The Kier molecular flexibility index (Phi) is 4.46. The normalized spacial score (nSPS) is 12.5. The number of thiol groups is 1. The molecule has 0 aliphatic rings. The first-order chi connectivity index (χ1) is 10.00. The van der Waals surface area contributed by atoms with Gasteiger partial charge in [-0.1, -0.05) is 50.6 Å². The van der Waals surface area contributed by atoms with Crippen molar-refractivity contribution in [3.05, 3.63) is 53.1 Å². The summed E-state index contributed by atoms with van der Waals surface area (Å²) in [6, 6.07) is 11.5. The second kappa shape index (κ2) is 5.74. The summed E-state index contributed by atoms with van der Waals surface area (Å²) in [5.41, 5.74) is 5.42. The van der Waals surface area contributed by atoms with E-state index in [1.165, 1.54) is 5.56 Å². The molecule has 0 atom stereocenters. The fourth-order valence-electron chi connectivity index (χ4n) is 2.59. The van der Waals surface area contributed by atoms with Gasteiger partial charge in [0.25, 0.3) is 0 Å². The minimum Gasteiger partial charge on any atom is -0.212 e. The number of benzene rings is 2. The first-order valence-corrected chi connectivity index (χ1v) is 9.73. The lowest BCUT2D eigenvalue weighted by Crippen LogP contribution is -2.13. The molecule has 0 spiro atoms. The van der Waals surface area contributed by atoms with E-state index >= 15 is 0 Å². The zero-order chi connectivity index (χ0) is 16.7. The number of aryl methyl sites for hydroxylation is 2. The average Bonchev–Trinajstić information content (AvgIpc) is 2.36. The van der Waals surface area contributed by atoms with Gasteiger partial charge >= 0.3 is 0 Å². The molecule has 0 bridgehead atoms. The molecule has 2 aromatic rings. The fourth-order valence-corrected chi connectivity index (χ4v) is 3.43. The van der Waals surface area contributed by atoms with Gasteiger partial charge in [-0.3, -0.25) is 0 Å². The Morgan fingerprint density at radius 2 is 1.55 bits per heavy atom. The molecule has 0 unspecified atom stereocenters. The molecule has 2 aromatic carbocycles. The lowest BCUT2D eigenvalue weighted by molar-refractivity contribution is 0.592. The van der Waals surface area contributed by atoms with Crippen LogP contribution in [0.4, 0.5) is 0 Å². The summed E-state index contributed by atoms with van der Waals surface area (Å²) in [5, 5.41) is 0. The van der Waals surface area contributed by atoms with Crippen LogP contribution in [0.5, 0.6) is 0 Å². The molecule has 0 radical (unpaired) electrons. The van der Waals surface area contributed by atoms with Crippen molar-refractivity contribution in [1.29, 1.82) is 0 Å². The lowest BCUT2D eigenvalue weighted by Gasteiger charge is -2.24. The van der Waals surface area contributed by atoms with Gasteiger partial charge in [-0.15, -0.1) is 0 Å². The van der Waals surface area contributed by atoms with Crippen LogP contribution in [0, 0.1) is 13.8 Å². The third-order valence-electron chi connectivity index (χ3n) is 3.78. The minimum atomic E-state index is -3.51. The van der Waals surface area contributed by atoms with Crippen LogP contribution in [0.25, 0.3) is 11.1 Å². The van der Waals surface area contributed by atoms with Crippen molar-refractivity contribution >= 4 is 20.5 Å². The molecule has 0 aliphatic carbocycles. The van der Waals surface area contributed by atoms with Gasteiger partial charge in [-0.25, -0.2) is 8.42 Å². The summed E-state index contributed by atoms with van der Waals surface area (Å²) in [6.07, 6.45) is 0. The van der Waals surface area contributed by atoms with Crippen molar-refractivity contribution < 1.29 is 8.42 Å². The molecule has 22 heavy (non-hydrogen) atoms. The molecule has 118 valence electrons. The fraction of sp³-hybridized carbons (Fsp3) is 0.333. The summed E-state index contributed by atoms with van der Waals surface area (Å²) in [7, 11) is -3.51. The van der Waals surface area contributed by atoms with Gasteiger partial charge in [0.1, 0.15) is 0 Å². The molecule has 2 rings (SSSR count). The van der Waals surface area contributed by atoms with Gasteiger partial charge in [0.05, 0.1) is 4.90 Å². The molecule has 0 fully saturated rings. The van der Waals surface area contributed by atoms with Crippen LogP contribution in [0.3, 0.4) is 0 Å². The highest BCUT2D eigenvalue weighted by Crippen LogP contribution is 2.36. The van der Waals surface area contributed by atoms with E-state index in [0.29, 0.717) is 0 Å². The summed E-state index contributed by atoms with van der Waals surface area (Å²) >= 11 is 3.71. The van der Waals surface area contributed by atoms with E-state index < -0.39 is 8.87 Å². The molecular weight excluding hydrogens is 312 g/mol. The van der Waals surface area contributed by atoms with Crippen LogP contribution < -0.4 is 0 Å². The van der Waals surface area contributed by atoms with Gasteiger partial charge in [0, 0.05) is 0 Å². The second-order valence-electron chi connectivity index (χ2n) is 6.75. The van der Waals surface area contributed by atoms with Gasteiger partial charge in [0.15, 0.2) is 0 Å². The number of hydrogen-bond donors (Lipinski definition) is 1. The predicted molar refractivity (Wildman–Crippen MR) is 96.2 cm³/mol. The molecule has 2 nitrogen and oxygen atoms in total. The maximum atomic E-state index is 11.7. The highest BCUT2D eigenvalue weighted by molar-refractivity contribution is 8.63. The molecule has 0 aliphatic heterocycles. The van der Waals surface area contributed by atoms with E-state index in [0.717, 1.165) is 22.3 Å². The van der Waals surface area contributed by atoms with Crippen molar-refractivity contribution in [1.82, 2.24) is 0 Å². The van der Waals surface area contributed by atoms with Crippen LogP contribution in [-0.4, -0.2) is 8.42 Å². The Balaban J connectivity index is 2.79. The monoisotopic (exact) mass is 334 g/mol. The smallest absolute Gasteiger partial charge is 0.212 e. The first-order valence-electron chi connectivity index (χ1n) is 7.20. The highest BCUT2D eigenvalue weighted by atomic mass is 33.1. The Bertz CT molecular complexity index is 813. The van der Waals surface area contributed by atoms with Crippen molar-refractivity contribution in [3.8, 4) is 11.1 Å². The van der Waals surface area contributed by atoms with E-state index in [4.69, 9.17) is 0 Å². The Labute approximate surface area is 138 Å². The third kappa shape index (κ3) is 3.55. The Hall–Kier alpha value is -1.26. The van der Waals surface area contributed by atoms with E-state index in [2.05, 4.69) is 50.6 Å². The molecule has 0 N–H and O–H groups in total. The van der Waals surface area contributed by atoms with E-state index in [1.807, 2.05) is 19.9 Å². The minimum absolute atomic E-state index is 0.0225. The molecule has 0 heterocycles. The molecule has 0 saturated heterocycles. The SMILES string of the molecule is Cc1ccc(C(C)(C)C)c(-c2cc(S(=O)(=O)S)ccc2C)c1. The van der Waals surface area contributed by atoms with E-state index in [-0.39, 0.29) is 10.3 Å². The molecule has 0 aromatic heterocycles. The molecule has 0 saturated carbocycles. The summed E-state index contributed by atoms with van der Waals surface area (Å²) in [6.45, 7) is 10.5. The molecule has 4 heteroatoms. The van der Waals surface area contributed by atoms with Crippen molar-refractivity contribution in [2.24, 2.45) is 0 Å². The predicted octanol–water partition coefficient (Wildman–Crippen LogP) is 4.89. The summed E-state index contributed by atoms with van der Waals surface area (Å²) in [4.78, 5) is 0.234. The second-order valence-corrected chi connectivity index (χ2v) is 9.61. The zero-order valence-electron chi connectivity index (χ0n) is 13.6. The highest BCUT2D eigenvalue weighted by Gasteiger charge is 2.20. The number of hydrogen-bond acceptors (Lipinski definition) is 2. The first kappa shape index (κ1) is 17.1. The van der Waals surface area contributed by atoms with Crippen LogP contribution in [0.1, 0.15) is 37.5 Å². The van der Waals surface area contributed by atoms with Crippen LogP contribution in [-0.2, 0) is 14.3 Å². The lowest BCUT2D eigenvalue weighted by atomic mass is 9.80. The summed E-state index contributed by atoms with van der Waals surface area (Å²) in [5.74, 6) is 0. The molecule has 0 amide bonds. The van der Waals surface area contributed by atoms with E-state index in [1.54, 1.807) is 12.1 Å². The topological polar surface area (TPSA) is 34.1 Å². The van der Waals surface area contributed by atoms with Crippen LogP contribution >= 0.6 is 11.7 Å². The van der Waals surface area contributed by atoms with Crippen LogP contribution in [0.2, 0.25) is 0 Å². The largest absolute Gasteiger partial charge is 0.227 e. The van der Waals surface area contributed by atoms with Gasteiger partial charge in [0.2, 0.25) is 8.87 Å². The van der Waals surface area contributed by atoms with Crippen molar-refractivity contribution in [2.75, 3.05) is 0 Å². The maximum Gasteiger partial charge on any atom is 0.227 e. The quantitative estimate of drug-likeness (QED) is 0.627. The van der Waals surface area contributed by atoms with Gasteiger partial charge in [-0.2, -0.15) is 0 Å². The average molecular weight is 335 g/mol. The Morgan fingerprint density at radius 1 is 0.909 bits per heavy atom. The van der Waals surface area contributed by atoms with Gasteiger partial charge in [-0.05, 0) is 65.3 Å². The van der Waals surface area contributed by atoms with E-state index in [9.17, 15) is 8.42 Å². The summed E-state index contributed by atoms with van der Waals surface area (Å²) < 4.78 is 23.5. The van der Waals surface area contributed by atoms with Crippen molar-refractivity contribution in [2.45, 2.75) is 44.9 Å². The third-order valence-corrected chi connectivity index (χ3v) is 5.26. The number of rotatable bonds is 2. The standard InChI is InChI=1S/C18H22O2S2/c1-12-6-9-17(18(3,4)5)16(10-12)15-11-14(22(19,20)21)8-7-13(15)2/h6-11H,1-5H3,(H,19,20,21).